The average molecular weight is 457 g/mol. The molecule has 4 N–H and O–H groups in total. The van der Waals surface area contributed by atoms with Gasteiger partial charge in [0.15, 0.2) is 0 Å². The Morgan fingerprint density at radius 2 is 2.18 bits per heavy atom. The molecule has 1 atom stereocenters. The summed E-state index contributed by atoms with van der Waals surface area (Å²) in [6, 6.07) is 9.40. The lowest BCUT2D eigenvalue weighted by Crippen LogP contribution is -2.24. The lowest BCUT2D eigenvalue weighted by atomic mass is 10.1. The number of rotatable bonds is 6. The van der Waals surface area contributed by atoms with Crippen LogP contribution in [-0.2, 0) is 11.2 Å². The van der Waals surface area contributed by atoms with E-state index >= 15 is 0 Å². The Hall–Kier alpha value is -3.91. The van der Waals surface area contributed by atoms with Gasteiger partial charge in [0.25, 0.3) is 0 Å². The zero-order chi connectivity index (χ0) is 23.7. The van der Waals surface area contributed by atoms with Crippen LogP contribution >= 0.6 is 0 Å². The SMILES string of the molecule is CCc1cc(O)ccc1N=C(N)c1cnn2cc(-c3cnccc3C)cc2c1N[C@H]1CCOC1. The predicted molar refractivity (Wildman–Crippen MR) is 134 cm³/mol. The number of phenolic OH excluding ortho intramolecular Hbond substituents is 1. The second-order valence-electron chi connectivity index (χ2n) is 8.55. The van der Waals surface area contributed by atoms with Crippen LogP contribution in [0, 0.1) is 6.92 Å². The number of hydrogen-bond donors (Lipinski definition) is 3. The average Bonchev–Trinajstić information content (AvgIpc) is 3.50. The van der Waals surface area contributed by atoms with Crippen molar-refractivity contribution < 1.29 is 9.84 Å². The molecule has 0 amide bonds. The van der Waals surface area contributed by atoms with Crippen LogP contribution in [0.15, 0.2) is 60.1 Å². The van der Waals surface area contributed by atoms with E-state index in [1.807, 2.05) is 29.9 Å². The van der Waals surface area contributed by atoms with Gasteiger partial charge in [-0.3, -0.25) is 4.98 Å². The fraction of sp³-hybridized carbons (Fsp3) is 0.269. The number of fused-ring (bicyclic) bond motifs is 1. The summed E-state index contributed by atoms with van der Waals surface area (Å²) in [5.74, 6) is 0.574. The van der Waals surface area contributed by atoms with Crippen molar-refractivity contribution in [1.82, 2.24) is 14.6 Å². The number of hydrogen-bond acceptors (Lipinski definition) is 6. The van der Waals surface area contributed by atoms with Crippen molar-refractivity contribution in [2.75, 3.05) is 18.5 Å². The summed E-state index contributed by atoms with van der Waals surface area (Å²) in [4.78, 5) is 9.01. The summed E-state index contributed by atoms with van der Waals surface area (Å²) in [7, 11) is 0. The third-order valence-corrected chi connectivity index (χ3v) is 6.23. The van der Waals surface area contributed by atoms with E-state index in [-0.39, 0.29) is 11.8 Å². The summed E-state index contributed by atoms with van der Waals surface area (Å²) in [5.41, 5.74) is 13.9. The van der Waals surface area contributed by atoms with Gasteiger partial charge in [0, 0.05) is 36.3 Å². The van der Waals surface area contributed by atoms with Crippen molar-refractivity contribution in [3.63, 3.8) is 0 Å². The molecule has 34 heavy (non-hydrogen) atoms. The zero-order valence-electron chi connectivity index (χ0n) is 19.3. The lowest BCUT2D eigenvalue weighted by molar-refractivity contribution is 0.195. The van der Waals surface area contributed by atoms with Gasteiger partial charge >= 0.3 is 0 Å². The van der Waals surface area contributed by atoms with E-state index in [0.717, 1.165) is 64.2 Å². The van der Waals surface area contributed by atoms with Crippen LogP contribution in [0.2, 0.25) is 0 Å². The minimum absolute atomic E-state index is 0.177. The quantitative estimate of drug-likeness (QED) is 0.296. The minimum Gasteiger partial charge on any atom is -0.508 e. The van der Waals surface area contributed by atoms with Gasteiger partial charge in [0.2, 0.25) is 0 Å². The molecule has 174 valence electrons. The highest BCUT2D eigenvalue weighted by Gasteiger charge is 2.21. The van der Waals surface area contributed by atoms with Crippen molar-refractivity contribution in [3.05, 3.63) is 71.8 Å². The standard InChI is InChI=1S/C26H28N6O2/c1-3-17-10-20(33)4-5-23(17)31-26(27)22-13-29-32-14-18(21-12-28-8-6-16(21)2)11-24(32)25(22)30-19-7-9-34-15-19/h4-6,8,10-14,19,30,33H,3,7,9,15H2,1-2H3,(H2,27,31)/t19-/m0/s1. The van der Waals surface area contributed by atoms with Gasteiger partial charge in [-0.15, -0.1) is 0 Å². The fourth-order valence-electron chi connectivity index (χ4n) is 4.32. The van der Waals surface area contributed by atoms with E-state index in [2.05, 4.69) is 28.4 Å². The number of nitrogens with two attached hydrogens (primary N) is 1. The van der Waals surface area contributed by atoms with Crippen LogP contribution in [0.4, 0.5) is 11.4 Å². The van der Waals surface area contributed by atoms with E-state index < -0.39 is 0 Å². The Labute approximate surface area is 198 Å². The van der Waals surface area contributed by atoms with Gasteiger partial charge in [0.05, 0.1) is 41.3 Å². The van der Waals surface area contributed by atoms with Gasteiger partial charge in [-0.25, -0.2) is 9.51 Å². The first-order valence-electron chi connectivity index (χ1n) is 11.5. The summed E-state index contributed by atoms with van der Waals surface area (Å²) in [6.07, 6.45) is 9.06. The summed E-state index contributed by atoms with van der Waals surface area (Å²) >= 11 is 0. The van der Waals surface area contributed by atoms with Crippen LogP contribution in [0.3, 0.4) is 0 Å². The first-order chi connectivity index (χ1) is 16.5. The largest absolute Gasteiger partial charge is 0.508 e. The van der Waals surface area contributed by atoms with E-state index in [9.17, 15) is 5.11 Å². The molecule has 0 bridgehead atoms. The number of anilines is 1. The van der Waals surface area contributed by atoms with Crippen LogP contribution in [-0.4, -0.2) is 44.8 Å². The lowest BCUT2D eigenvalue weighted by Gasteiger charge is -2.17. The molecular weight excluding hydrogens is 428 g/mol. The molecule has 5 rings (SSSR count). The molecule has 1 aliphatic heterocycles. The smallest absolute Gasteiger partial charge is 0.135 e. The fourth-order valence-corrected chi connectivity index (χ4v) is 4.32. The molecule has 0 aliphatic carbocycles. The zero-order valence-corrected chi connectivity index (χ0v) is 19.3. The predicted octanol–water partition coefficient (Wildman–Crippen LogP) is 4.21. The van der Waals surface area contributed by atoms with Gasteiger partial charge in [-0.2, -0.15) is 5.10 Å². The molecule has 1 saturated heterocycles. The molecule has 0 unspecified atom stereocenters. The number of amidine groups is 1. The summed E-state index contributed by atoms with van der Waals surface area (Å²) < 4.78 is 7.45. The molecular formula is C26H28N6O2. The molecule has 0 saturated carbocycles. The molecule has 1 aliphatic rings. The van der Waals surface area contributed by atoms with Crippen molar-refractivity contribution in [3.8, 4) is 16.9 Å². The Bertz CT molecular complexity index is 1370. The number of nitrogens with zero attached hydrogens (tertiary/aromatic N) is 4. The molecule has 8 nitrogen and oxygen atoms in total. The van der Waals surface area contributed by atoms with Crippen molar-refractivity contribution >= 4 is 22.7 Å². The third-order valence-electron chi connectivity index (χ3n) is 6.23. The highest BCUT2D eigenvalue weighted by Crippen LogP contribution is 2.32. The Morgan fingerprint density at radius 1 is 1.29 bits per heavy atom. The van der Waals surface area contributed by atoms with Crippen LogP contribution in [0.25, 0.3) is 16.6 Å². The maximum atomic E-state index is 9.84. The van der Waals surface area contributed by atoms with Crippen LogP contribution in [0.1, 0.15) is 30.0 Å². The maximum absolute atomic E-state index is 9.84. The molecule has 4 aromatic rings. The minimum atomic E-state index is 0.177. The van der Waals surface area contributed by atoms with Crippen LogP contribution in [0.5, 0.6) is 5.75 Å². The first kappa shape index (κ1) is 21.9. The second kappa shape index (κ2) is 9.15. The maximum Gasteiger partial charge on any atom is 0.135 e. The van der Waals surface area contributed by atoms with E-state index in [1.54, 1.807) is 30.6 Å². The van der Waals surface area contributed by atoms with Gasteiger partial charge < -0.3 is 20.9 Å². The number of aromatic nitrogens is 3. The van der Waals surface area contributed by atoms with Crippen molar-refractivity contribution in [2.24, 2.45) is 10.7 Å². The number of aryl methyl sites for hydroxylation is 2. The number of aromatic hydroxyl groups is 1. The molecule has 0 spiro atoms. The Kier molecular flexibility index (Phi) is 5.90. The second-order valence-corrected chi connectivity index (χ2v) is 8.55. The Morgan fingerprint density at radius 3 is 2.94 bits per heavy atom. The van der Waals surface area contributed by atoms with Crippen molar-refractivity contribution in [2.45, 2.75) is 32.7 Å². The summed E-state index contributed by atoms with van der Waals surface area (Å²) in [6.45, 7) is 5.46. The molecule has 1 aromatic carbocycles. The third kappa shape index (κ3) is 4.20. The van der Waals surface area contributed by atoms with Crippen LogP contribution < -0.4 is 11.1 Å². The first-order valence-corrected chi connectivity index (χ1v) is 11.5. The number of phenols is 1. The number of benzene rings is 1. The molecule has 8 heteroatoms. The summed E-state index contributed by atoms with van der Waals surface area (Å²) in [5, 5.41) is 18.1. The normalized spacial score (nSPS) is 16.3. The topological polar surface area (TPSA) is 110 Å². The molecule has 1 fully saturated rings. The number of aliphatic imine (C=N–C) groups is 1. The molecule has 4 heterocycles. The monoisotopic (exact) mass is 456 g/mol. The van der Waals surface area contributed by atoms with Gasteiger partial charge in [-0.05, 0) is 61.2 Å². The van der Waals surface area contributed by atoms with Gasteiger partial charge in [-0.1, -0.05) is 6.92 Å². The molecule has 0 radical (unpaired) electrons. The van der Waals surface area contributed by atoms with E-state index in [4.69, 9.17) is 15.5 Å². The highest BCUT2D eigenvalue weighted by molar-refractivity contribution is 6.06. The number of ether oxygens (including phenoxy) is 1. The van der Waals surface area contributed by atoms with E-state index in [1.165, 1.54) is 0 Å². The molecule has 3 aromatic heterocycles. The number of nitrogens with one attached hydrogen (secondary N) is 1. The van der Waals surface area contributed by atoms with Crippen molar-refractivity contribution in [1.29, 1.82) is 0 Å². The van der Waals surface area contributed by atoms with Gasteiger partial charge in [0.1, 0.15) is 11.6 Å². The number of pyridine rings is 1. The van der Waals surface area contributed by atoms with E-state index in [0.29, 0.717) is 12.4 Å². The Balaban J connectivity index is 1.64. The highest BCUT2D eigenvalue weighted by atomic mass is 16.5.